The van der Waals surface area contributed by atoms with E-state index in [4.69, 9.17) is 21.4 Å². The molecule has 2 aromatic heterocycles. The van der Waals surface area contributed by atoms with Crippen molar-refractivity contribution in [2.45, 2.75) is 0 Å². The van der Waals surface area contributed by atoms with Crippen molar-refractivity contribution in [1.29, 1.82) is 0 Å². The van der Waals surface area contributed by atoms with Gasteiger partial charge in [0.15, 0.2) is 10.9 Å². The van der Waals surface area contributed by atoms with Crippen LogP contribution < -0.4 is 20.7 Å². The molecule has 9 nitrogen and oxygen atoms in total. The molecule has 0 bridgehead atoms. The Morgan fingerprint density at radius 3 is 2.65 bits per heavy atom. The molecule has 0 fully saturated rings. The Morgan fingerprint density at radius 1 is 1.03 bits per heavy atom. The maximum atomic E-state index is 12.5. The van der Waals surface area contributed by atoms with E-state index in [0.717, 1.165) is 17.2 Å². The van der Waals surface area contributed by atoms with E-state index < -0.39 is 5.91 Å². The molecule has 3 N–H and O–H groups in total. The average Bonchev–Trinajstić information content (AvgIpc) is 3.46. The number of ether oxygens (including phenoxy) is 1. The number of thiocarbonyl (C=S) groups is 1. The van der Waals surface area contributed by atoms with Gasteiger partial charge in [-0.3, -0.25) is 14.9 Å². The van der Waals surface area contributed by atoms with E-state index in [-0.39, 0.29) is 16.8 Å². The van der Waals surface area contributed by atoms with Gasteiger partial charge in [0.25, 0.3) is 11.8 Å². The van der Waals surface area contributed by atoms with E-state index in [1.807, 2.05) is 0 Å². The van der Waals surface area contributed by atoms with Gasteiger partial charge in [-0.05, 0) is 54.7 Å². The number of hydrogen-bond donors (Lipinski definition) is 3. The van der Waals surface area contributed by atoms with Crippen LogP contribution in [0.1, 0.15) is 20.9 Å². The minimum atomic E-state index is -0.404. The topological polar surface area (TPSA) is 118 Å². The number of carbonyl (C=O) groups excluding carboxylic acids is 2. The van der Waals surface area contributed by atoms with Crippen molar-refractivity contribution in [2.24, 2.45) is 0 Å². The fourth-order valence-electron chi connectivity index (χ4n) is 2.72. The van der Waals surface area contributed by atoms with Crippen molar-refractivity contribution in [3.8, 4) is 5.75 Å². The fourth-order valence-corrected chi connectivity index (χ4v) is 3.45. The number of nitrogens with one attached hydrogen (secondary N) is 3. The summed E-state index contributed by atoms with van der Waals surface area (Å²) in [6.07, 6.45) is 1.42. The van der Waals surface area contributed by atoms with Gasteiger partial charge >= 0.3 is 0 Å². The highest BCUT2D eigenvalue weighted by atomic mass is 32.1. The number of methoxy groups -OCH3 is 1. The summed E-state index contributed by atoms with van der Waals surface area (Å²) in [4.78, 5) is 24.6. The zero-order valence-electron chi connectivity index (χ0n) is 16.0. The highest BCUT2D eigenvalue weighted by Crippen LogP contribution is 2.28. The van der Waals surface area contributed by atoms with E-state index in [2.05, 4.69) is 24.7 Å². The largest absolute Gasteiger partial charge is 0.494 e. The molecule has 0 unspecified atom stereocenters. The number of anilines is 2. The molecule has 31 heavy (non-hydrogen) atoms. The lowest BCUT2D eigenvalue weighted by Crippen LogP contribution is -2.34. The first-order valence-corrected chi connectivity index (χ1v) is 10.0. The van der Waals surface area contributed by atoms with E-state index in [1.54, 1.807) is 48.5 Å². The van der Waals surface area contributed by atoms with Crippen LogP contribution in [0.3, 0.4) is 0 Å². The van der Waals surface area contributed by atoms with Crippen LogP contribution >= 0.6 is 23.9 Å². The number of aromatic nitrogens is 2. The zero-order valence-corrected chi connectivity index (χ0v) is 17.7. The number of benzene rings is 2. The number of carbonyl (C=O) groups is 2. The zero-order chi connectivity index (χ0) is 21.8. The third kappa shape index (κ3) is 4.68. The minimum Gasteiger partial charge on any atom is -0.494 e. The van der Waals surface area contributed by atoms with E-state index in [9.17, 15) is 9.59 Å². The molecule has 0 aliphatic rings. The number of furan rings is 1. The Labute approximate surface area is 185 Å². The second kappa shape index (κ2) is 8.90. The lowest BCUT2D eigenvalue weighted by molar-refractivity contribution is 0.0975. The quantitative estimate of drug-likeness (QED) is 0.392. The van der Waals surface area contributed by atoms with Gasteiger partial charge in [-0.1, -0.05) is 0 Å². The molecule has 0 saturated heterocycles. The molecule has 0 spiro atoms. The molecule has 0 atom stereocenters. The summed E-state index contributed by atoms with van der Waals surface area (Å²) in [6, 6.07) is 13.2. The van der Waals surface area contributed by atoms with Gasteiger partial charge in [-0.25, -0.2) is 0 Å². The van der Waals surface area contributed by atoms with Crippen LogP contribution in [0.5, 0.6) is 5.75 Å². The van der Waals surface area contributed by atoms with Crippen LogP contribution in [0.2, 0.25) is 0 Å². The molecular weight excluding hydrogens is 438 g/mol. The van der Waals surface area contributed by atoms with Crippen LogP contribution in [0.15, 0.2) is 59.2 Å². The summed E-state index contributed by atoms with van der Waals surface area (Å²) < 4.78 is 18.7. The van der Waals surface area contributed by atoms with Crippen molar-refractivity contribution in [1.82, 2.24) is 14.1 Å². The van der Waals surface area contributed by atoms with Gasteiger partial charge < -0.3 is 19.8 Å². The van der Waals surface area contributed by atoms with Gasteiger partial charge in [0.1, 0.15) is 16.8 Å². The first-order valence-electron chi connectivity index (χ1n) is 8.91. The van der Waals surface area contributed by atoms with Crippen LogP contribution in [-0.2, 0) is 0 Å². The lowest BCUT2D eigenvalue weighted by atomic mass is 10.2. The average molecular weight is 454 g/mol. The van der Waals surface area contributed by atoms with Gasteiger partial charge in [-0.2, -0.15) is 8.75 Å². The first kappa shape index (κ1) is 20.4. The van der Waals surface area contributed by atoms with Crippen LogP contribution in [0.25, 0.3) is 11.0 Å². The molecule has 156 valence electrons. The van der Waals surface area contributed by atoms with Crippen molar-refractivity contribution < 1.29 is 18.7 Å². The van der Waals surface area contributed by atoms with Gasteiger partial charge in [-0.15, -0.1) is 0 Å². The summed E-state index contributed by atoms with van der Waals surface area (Å²) in [5.41, 5.74) is 2.81. The second-order valence-electron chi connectivity index (χ2n) is 6.22. The van der Waals surface area contributed by atoms with Crippen LogP contribution in [0.4, 0.5) is 11.4 Å². The number of rotatable bonds is 5. The van der Waals surface area contributed by atoms with Crippen LogP contribution in [0, 0.1) is 0 Å². The third-order valence-electron chi connectivity index (χ3n) is 4.20. The molecule has 2 amide bonds. The minimum absolute atomic E-state index is 0.107. The number of hydrogen-bond acceptors (Lipinski definition) is 8. The summed E-state index contributed by atoms with van der Waals surface area (Å²) in [7, 11) is 1.48. The predicted octanol–water partition coefficient (Wildman–Crippen LogP) is 3.67. The summed E-state index contributed by atoms with van der Waals surface area (Å²) in [6.45, 7) is 0. The standard InChI is InChI=1S/C20H15N5O4S2/c1-28-17-10-12(5-7-14(17)22-19(27)16-3-2-8-29-16)21-20(30)23-18(26)11-4-6-13-15(9-11)25-31-24-13/h2-10H,1H3,(H,22,27)(H2,21,23,26,30). The molecule has 4 rings (SSSR count). The summed E-state index contributed by atoms with van der Waals surface area (Å²) in [5.74, 6) is -0.193. The third-order valence-corrected chi connectivity index (χ3v) is 4.96. The molecule has 11 heteroatoms. The Morgan fingerprint density at radius 2 is 1.87 bits per heavy atom. The normalized spacial score (nSPS) is 10.5. The Hall–Kier alpha value is -3.83. The lowest BCUT2D eigenvalue weighted by Gasteiger charge is -2.13. The summed E-state index contributed by atoms with van der Waals surface area (Å²) in [5, 5.41) is 8.36. The van der Waals surface area contributed by atoms with Crippen molar-refractivity contribution in [3.63, 3.8) is 0 Å². The fraction of sp³-hybridized carbons (Fsp3) is 0.0500. The van der Waals surface area contributed by atoms with Crippen LogP contribution in [-0.4, -0.2) is 32.8 Å². The maximum Gasteiger partial charge on any atom is 0.291 e. The molecule has 0 aliphatic heterocycles. The molecule has 0 aliphatic carbocycles. The predicted molar refractivity (Wildman–Crippen MR) is 121 cm³/mol. The van der Waals surface area contributed by atoms with Gasteiger partial charge in [0, 0.05) is 17.3 Å². The highest BCUT2D eigenvalue weighted by Gasteiger charge is 2.14. The highest BCUT2D eigenvalue weighted by molar-refractivity contribution is 7.80. The Balaban J connectivity index is 1.41. The van der Waals surface area contributed by atoms with Gasteiger partial charge in [0.05, 0.1) is 30.8 Å². The SMILES string of the molecule is COc1cc(NC(=S)NC(=O)c2ccc3nsnc3c2)ccc1NC(=O)c1ccco1. The van der Waals surface area contributed by atoms with E-state index in [0.29, 0.717) is 28.2 Å². The van der Waals surface area contributed by atoms with Crippen molar-refractivity contribution in [3.05, 3.63) is 66.1 Å². The molecule has 0 saturated carbocycles. The summed E-state index contributed by atoms with van der Waals surface area (Å²) >= 11 is 6.32. The van der Waals surface area contributed by atoms with E-state index in [1.165, 1.54) is 13.4 Å². The Kier molecular flexibility index (Phi) is 5.87. The second-order valence-corrected chi connectivity index (χ2v) is 7.16. The number of fused-ring (bicyclic) bond motifs is 1. The molecule has 2 heterocycles. The van der Waals surface area contributed by atoms with Gasteiger partial charge in [0.2, 0.25) is 0 Å². The van der Waals surface area contributed by atoms with Crippen molar-refractivity contribution >= 4 is 63.3 Å². The molecular formula is C20H15N5O4S2. The maximum absolute atomic E-state index is 12.5. The smallest absolute Gasteiger partial charge is 0.291 e. The number of amides is 2. The molecule has 2 aromatic carbocycles. The van der Waals surface area contributed by atoms with E-state index >= 15 is 0 Å². The molecule has 0 radical (unpaired) electrons. The Bertz CT molecular complexity index is 1270. The molecule has 4 aromatic rings. The van der Waals surface area contributed by atoms with Crippen molar-refractivity contribution in [2.75, 3.05) is 17.7 Å². The first-order chi connectivity index (χ1) is 15.0. The monoisotopic (exact) mass is 453 g/mol. The number of nitrogens with zero attached hydrogens (tertiary/aromatic N) is 2.